The molecule has 1 aromatic heterocycles. The molecule has 0 aliphatic rings. The quantitative estimate of drug-likeness (QED) is 0.519. The second-order valence-electron chi connectivity index (χ2n) is 6.36. The topological polar surface area (TPSA) is 30.1 Å². The maximum absolute atomic E-state index is 7.10. The van der Waals surface area contributed by atoms with Gasteiger partial charge in [0.15, 0.2) is 5.69 Å². The van der Waals surface area contributed by atoms with Crippen LogP contribution in [0.25, 0.3) is 27.0 Å². The van der Waals surface area contributed by atoms with E-state index in [1.165, 1.54) is 5.19 Å². The van der Waals surface area contributed by atoms with Gasteiger partial charge in [0.25, 0.3) is 0 Å². The van der Waals surface area contributed by atoms with Gasteiger partial charge < -0.3 is 0 Å². The number of hydrogen-bond acceptors (Lipinski definition) is 2. The highest BCUT2D eigenvalue weighted by Crippen LogP contribution is 2.27. The first-order valence-corrected chi connectivity index (χ1v) is 10.7. The average Bonchev–Trinajstić information content (AvgIpc) is 2.53. The number of nitrogens with zero attached hydrogens (tertiary/aromatic N) is 3. The third-order valence-electron chi connectivity index (χ3n) is 3.77. The minimum absolute atomic E-state index is 0.603. The van der Waals surface area contributed by atoms with Gasteiger partial charge in [-0.05, 0) is 6.07 Å². The zero-order valence-corrected chi connectivity index (χ0v) is 14.0. The van der Waals surface area contributed by atoms with E-state index in [2.05, 4.69) is 58.7 Å². The zero-order chi connectivity index (χ0) is 15.7. The zero-order valence-electron chi connectivity index (χ0n) is 13.0. The van der Waals surface area contributed by atoms with Gasteiger partial charge in [0.05, 0.1) is 25.9 Å². The molecular formula is C18H17N3Si. The summed E-state index contributed by atoms with van der Waals surface area (Å²) in [7, 11) is -1.29. The van der Waals surface area contributed by atoms with Crippen molar-refractivity contribution in [1.82, 2.24) is 9.97 Å². The first kappa shape index (κ1) is 14.4. The summed E-state index contributed by atoms with van der Waals surface area (Å²) in [6, 6.07) is 14.3. The molecule has 0 saturated heterocycles. The van der Waals surface area contributed by atoms with Crippen LogP contribution in [0.5, 0.6) is 0 Å². The lowest BCUT2D eigenvalue weighted by atomic mass is 10.1. The summed E-state index contributed by atoms with van der Waals surface area (Å²) in [4.78, 5) is 12.2. The van der Waals surface area contributed by atoms with Crippen LogP contribution in [0.4, 0.5) is 5.69 Å². The van der Waals surface area contributed by atoms with Crippen molar-refractivity contribution in [3.8, 4) is 11.3 Å². The van der Waals surface area contributed by atoms with Crippen LogP contribution >= 0.6 is 0 Å². The molecule has 4 heteroatoms. The van der Waals surface area contributed by atoms with E-state index in [9.17, 15) is 0 Å². The maximum Gasteiger partial charge on any atom is 0.189 e. The number of fused-ring (bicyclic) bond motifs is 1. The molecule has 0 atom stereocenters. The molecule has 0 saturated carbocycles. The third kappa shape index (κ3) is 2.63. The van der Waals surface area contributed by atoms with Crippen LogP contribution in [0.3, 0.4) is 0 Å². The van der Waals surface area contributed by atoms with Gasteiger partial charge >= 0.3 is 0 Å². The van der Waals surface area contributed by atoms with E-state index in [1.54, 1.807) is 6.33 Å². The van der Waals surface area contributed by atoms with Gasteiger partial charge in [0.2, 0.25) is 0 Å². The Balaban J connectivity index is 2.12. The third-order valence-corrected chi connectivity index (χ3v) is 5.84. The van der Waals surface area contributed by atoms with E-state index < -0.39 is 8.07 Å². The molecule has 2 aromatic carbocycles. The van der Waals surface area contributed by atoms with E-state index in [-0.39, 0.29) is 0 Å². The predicted molar refractivity (Wildman–Crippen MR) is 94.2 cm³/mol. The predicted octanol–water partition coefficient (Wildman–Crippen LogP) is 4.39. The Labute approximate surface area is 131 Å². The first-order valence-electron chi connectivity index (χ1n) is 7.22. The first-order chi connectivity index (χ1) is 10.5. The Bertz CT molecular complexity index is 871. The lowest BCUT2D eigenvalue weighted by Gasteiger charge is -2.16. The van der Waals surface area contributed by atoms with E-state index in [0.29, 0.717) is 5.69 Å². The summed E-state index contributed by atoms with van der Waals surface area (Å²) in [5, 5.41) is 2.42. The highest BCUT2D eigenvalue weighted by atomic mass is 28.3. The van der Waals surface area contributed by atoms with Gasteiger partial charge in [-0.1, -0.05) is 61.2 Å². The lowest BCUT2D eigenvalue weighted by molar-refractivity contribution is 1.23. The molecule has 3 nitrogen and oxygen atoms in total. The molecule has 0 amide bonds. The second kappa shape index (κ2) is 5.36. The molecule has 3 aromatic rings. The van der Waals surface area contributed by atoms with Gasteiger partial charge in [-0.25, -0.2) is 14.8 Å². The standard InChI is InChI=1S/C18H17N3Si/c1-19-14-7-10-16-17(11-14)20-12-21-18(16)13-5-8-15(9-6-13)22(2,3)4/h5-12H,2-4H3. The molecule has 108 valence electrons. The molecule has 0 radical (unpaired) electrons. The Morgan fingerprint density at radius 3 is 2.32 bits per heavy atom. The van der Waals surface area contributed by atoms with Crippen LogP contribution in [-0.2, 0) is 0 Å². The fourth-order valence-electron chi connectivity index (χ4n) is 2.47. The van der Waals surface area contributed by atoms with Gasteiger partial charge in [-0.3, -0.25) is 0 Å². The maximum atomic E-state index is 7.10. The molecule has 0 unspecified atom stereocenters. The normalized spacial score (nSPS) is 11.4. The highest BCUT2D eigenvalue weighted by molar-refractivity contribution is 6.88. The van der Waals surface area contributed by atoms with Crippen LogP contribution in [0.2, 0.25) is 19.6 Å². The number of hydrogen-bond donors (Lipinski definition) is 0. The fraction of sp³-hybridized carbons (Fsp3) is 0.167. The fourth-order valence-corrected chi connectivity index (χ4v) is 3.64. The van der Waals surface area contributed by atoms with Crippen molar-refractivity contribution in [1.29, 1.82) is 0 Å². The Kier molecular flexibility index (Phi) is 3.51. The molecule has 0 aliphatic heterocycles. The minimum atomic E-state index is -1.29. The summed E-state index contributed by atoms with van der Waals surface area (Å²) < 4.78 is 0. The molecule has 0 spiro atoms. The van der Waals surface area contributed by atoms with Crippen molar-refractivity contribution in [3.63, 3.8) is 0 Å². The Morgan fingerprint density at radius 1 is 0.955 bits per heavy atom. The van der Waals surface area contributed by atoms with Gasteiger partial charge in [-0.2, -0.15) is 0 Å². The number of rotatable bonds is 2. The van der Waals surface area contributed by atoms with Crippen molar-refractivity contribution in [2.24, 2.45) is 0 Å². The molecular weight excluding hydrogens is 286 g/mol. The van der Waals surface area contributed by atoms with Crippen molar-refractivity contribution >= 4 is 29.9 Å². The highest BCUT2D eigenvalue weighted by Gasteiger charge is 2.16. The summed E-state index contributed by atoms with van der Waals surface area (Å²) >= 11 is 0. The number of aromatic nitrogens is 2. The Morgan fingerprint density at radius 2 is 1.68 bits per heavy atom. The molecule has 0 fully saturated rings. The minimum Gasteiger partial charge on any atom is -0.238 e. The van der Waals surface area contributed by atoms with Crippen molar-refractivity contribution in [3.05, 3.63) is 60.2 Å². The summed E-state index contributed by atoms with van der Waals surface area (Å²) in [5.74, 6) is 0. The Hall–Kier alpha value is -2.51. The van der Waals surface area contributed by atoms with Gasteiger partial charge in [0.1, 0.15) is 6.33 Å². The number of benzene rings is 2. The molecule has 0 aliphatic carbocycles. The van der Waals surface area contributed by atoms with Crippen molar-refractivity contribution < 1.29 is 0 Å². The summed E-state index contributed by atoms with van der Waals surface area (Å²) in [5.41, 5.74) is 3.42. The van der Waals surface area contributed by atoms with Gasteiger partial charge in [0, 0.05) is 10.9 Å². The summed E-state index contributed by atoms with van der Waals surface area (Å²) in [6.07, 6.45) is 1.57. The molecule has 1 heterocycles. The van der Waals surface area contributed by atoms with Crippen LogP contribution in [0.1, 0.15) is 0 Å². The smallest absolute Gasteiger partial charge is 0.189 e. The van der Waals surface area contributed by atoms with E-state index in [1.807, 2.05) is 18.2 Å². The summed E-state index contributed by atoms with van der Waals surface area (Å²) in [6.45, 7) is 14.1. The lowest BCUT2D eigenvalue weighted by Crippen LogP contribution is -2.37. The second-order valence-corrected chi connectivity index (χ2v) is 11.4. The van der Waals surface area contributed by atoms with Crippen LogP contribution in [0.15, 0.2) is 48.8 Å². The van der Waals surface area contributed by atoms with E-state index >= 15 is 0 Å². The van der Waals surface area contributed by atoms with Gasteiger partial charge in [-0.15, -0.1) is 0 Å². The SMILES string of the molecule is [C-]#[N+]c1ccc2c(-c3ccc([Si](C)(C)C)cc3)ncnc2c1. The van der Waals surface area contributed by atoms with Crippen LogP contribution in [0, 0.1) is 6.57 Å². The van der Waals surface area contributed by atoms with Crippen LogP contribution < -0.4 is 5.19 Å². The monoisotopic (exact) mass is 303 g/mol. The average molecular weight is 303 g/mol. The largest absolute Gasteiger partial charge is 0.238 e. The molecule has 3 rings (SSSR count). The molecule has 22 heavy (non-hydrogen) atoms. The van der Waals surface area contributed by atoms with Crippen LogP contribution in [-0.4, -0.2) is 18.0 Å². The van der Waals surface area contributed by atoms with Crippen molar-refractivity contribution in [2.45, 2.75) is 19.6 Å². The van der Waals surface area contributed by atoms with E-state index in [0.717, 1.165) is 22.2 Å². The van der Waals surface area contributed by atoms with Crippen molar-refractivity contribution in [2.75, 3.05) is 0 Å². The molecule has 0 N–H and O–H groups in total. The van der Waals surface area contributed by atoms with E-state index in [4.69, 9.17) is 6.57 Å². The molecule has 0 bridgehead atoms.